The number of fused-ring (bicyclic) bond motifs is 4. The maximum atomic E-state index is 9.61. The molecule has 56 heavy (non-hydrogen) atoms. The van der Waals surface area contributed by atoms with E-state index in [1.165, 1.54) is 50.1 Å². The minimum absolute atomic E-state index is 0.218. The summed E-state index contributed by atoms with van der Waals surface area (Å²) in [5, 5.41) is 19.2. The van der Waals surface area contributed by atoms with Crippen molar-refractivity contribution in [1.29, 1.82) is 10.5 Å². The van der Waals surface area contributed by atoms with Gasteiger partial charge in [0.1, 0.15) is 0 Å². The highest BCUT2D eigenvalue weighted by atomic mass is 15.2. The standard InChI is InChI=1S/C52H50N4/c1-8-28-51(7,55(41-19-10-35(3)11-20-41)42-23-14-37(33-53)15-24-42)40-18-27-45-46-29-39-32-52(9-2,47(39)31-49(46)50(5,6)48(45)30-40)56(43-21-12-36(4)13-22-43)44-25-16-38(34-54)17-26-44/h10-27,29-31H,8-9,28,32H2,1-7H3. The zero-order valence-corrected chi connectivity index (χ0v) is 33.7. The summed E-state index contributed by atoms with van der Waals surface area (Å²) < 4.78 is 0. The molecule has 0 saturated heterocycles. The number of hydrogen-bond donors (Lipinski definition) is 0. The first-order valence-electron chi connectivity index (χ1n) is 20.0. The fourth-order valence-electron chi connectivity index (χ4n) is 9.71. The molecule has 0 radical (unpaired) electrons. The SMILES string of the molecule is CCCC(C)(c1ccc2c(c1)C(C)(C)c1cc3c(cc1-2)CC3(CC)N(c1ccc(C)cc1)c1ccc(C#N)cc1)N(c1ccc(C)cc1)c1ccc(C#N)cc1. The number of benzene rings is 6. The van der Waals surface area contributed by atoms with Gasteiger partial charge >= 0.3 is 0 Å². The second-order valence-corrected chi connectivity index (χ2v) is 16.7. The van der Waals surface area contributed by atoms with Crippen molar-refractivity contribution in [3.8, 4) is 23.3 Å². The van der Waals surface area contributed by atoms with Gasteiger partial charge in [-0.05, 0) is 145 Å². The van der Waals surface area contributed by atoms with Crippen LogP contribution in [0, 0.1) is 36.5 Å². The number of hydrogen-bond acceptors (Lipinski definition) is 4. The first-order valence-corrected chi connectivity index (χ1v) is 20.0. The van der Waals surface area contributed by atoms with Gasteiger partial charge in [0.15, 0.2) is 0 Å². The van der Waals surface area contributed by atoms with Gasteiger partial charge in [-0.3, -0.25) is 0 Å². The van der Waals surface area contributed by atoms with E-state index in [-0.39, 0.29) is 16.5 Å². The van der Waals surface area contributed by atoms with E-state index in [4.69, 9.17) is 0 Å². The summed E-state index contributed by atoms with van der Waals surface area (Å²) in [7, 11) is 0. The summed E-state index contributed by atoms with van der Waals surface area (Å²) in [6, 6.07) is 50.7. The number of nitriles is 2. The molecule has 0 N–H and O–H groups in total. The Morgan fingerprint density at radius 1 is 0.607 bits per heavy atom. The first kappa shape index (κ1) is 36.9. The first-order chi connectivity index (χ1) is 27.0. The molecular weight excluding hydrogens is 681 g/mol. The molecule has 4 nitrogen and oxygen atoms in total. The molecule has 6 aromatic carbocycles. The van der Waals surface area contributed by atoms with Gasteiger partial charge in [0.05, 0.1) is 34.3 Å². The van der Waals surface area contributed by atoms with Crippen LogP contribution in [0.2, 0.25) is 0 Å². The highest BCUT2D eigenvalue weighted by Crippen LogP contribution is 2.58. The lowest BCUT2D eigenvalue weighted by Crippen LogP contribution is -2.51. The Hall–Kier alpha value is -6.10. The topological polar surface area (TPSA) is 54.1 Å². The molecule has 0 saturated carbocycles. The minimum Gasteiger partial charge on any atom is -0.331 e. The van der Waals surface area contributed by atoms with Gasteiger partial charge in [-0.15, -0.1) is 0 Å². The molecule has 0 amide bonds. The monoisotopic (exact) mass is 730 g/mol. The molecule has 0 spiro atoms. The van der Waals surface area contributed by atoms with Crippen molar-refractivity contribution in [3.05, 3.63) is 177 Å². The molecule has 2 aliphatic rings. The van der Waals surface area contributed by atoms with Crippen molar-refractivity contribution in [1.82, 2.24) is 0 Å². The Morgan fingerprint density at radius 2 is 1.11 bits per heavy atom. The molecule has 8 rings (SSSR count). The smallest absolute Gasteiger partial charge is 0.0991 e. The normalized spacial score (nSPS) is 16.9. The largest absolute Gasteiger partial charge is 0.331 e. The fourth-order valence-corrected chi connectivity index (χ4v) is 9.71. The lowest BCUT2D eigenvalue weighted by molar-refractivity contribution is 0.362. The second-order valence-electron chi connectivity index (χ2n) is 16.7. The Labute approximate surface area is 333 Å². The summed E-state index contributed by atoms with van der Waals surface area (Å²) in [4.78, 5) is 5.01. The third-order valence-electron chi connectivity index (χ3n) is 12.8. The zero-order valence-electron chi connectivity index (χ0n) is 33.7. The van der Waals surface area contributed by atoms with Crippen LogP contribution < -0.4 is 9.80 Å². The Morgan fingerprint density at radius 3 is 1.62 bits per heavy atom. The van der Waals surface area contributed by atoms with Crippen molar-refractivity contribution in [2.24, 2.45) is 0 Å². The van der Waals surface area contributed by atoms with E-state index in [2.05, 4.69) is 174 Å². The number of aryl methyl sites for hydroxylation is 2. The third-order valence-corrected chi connectivity index (χ3v) is 12.8. The molecular formula is C52H50N4. The van der Waals surface area contributed by atoms with Crippen molar-refractivity contribution in [2.45, 2.75) is 90.6 Å². The third kappa shape index (κ3) is 5.79. The van der Waals surface area contributed by atoms with Crippen LogP contribution in [0.3, 0.4) is 0 Å². The van der Waals surface area contributed by atoms with Crippen molar-refractivity contribution in [3.63, 3.8) is 0 Å². The van der Waals surface area contributed by atoms with Gasteiger partial charge in [-0.2, -0.15) is 10.5 Å². The predicted molar refractivity (Wildman–Crippen MR) is 231 cm³/mol. The Kier molecular flexibility index (Phi) is 9.14. The van der Waals surface area contributed by atoms with Gasteiger partial charge in [0.2, 0.25) is 0 Å². The maximum absolute atomic E-state index is 9.61. The van der Waals surface area contributed by atoms with Gasteiger partial charge < -0.3 is 9.80 Å². The number of rotatable bonds is 10. The Balaban J connectivity index is 1.24. The summed E-state index contributed by atoms with van der Waals surface area (Å²) in [6.07, 6.45) is 3.85. The van der Waals surface area contributed by atoms with E-state index in [0.717, 1.165) is 48.4 Å². The van der Waals surface area contributed by atoms with Crippen LogP contribution >= 0.6 is 0 Å². The Bertz CT molecular complexity index is 2510. The van der Waals surface area contributed by atoms with Crippen LogP contribution in [0.5, 0.6) is 0 Å². The van der Waals surface area contributed by atoms with Gasteiger partial charge in [-0.25, -0.2) is 0 Å². The van der Waals surface area contributed by atoms with Gasteiger partial charge in [0.25, 0.3) is 0 Å². The van der Waals surface area contributed by atoms with Crippen LogP contribution in [0.4, 0.5) is 22.7 Å². The molecule has 4 heteroatoms. The van der Waals surface area contributed by atoms with E-state index in [1.54, 1.807) is 0 Å². The van der Waals surface area contributed by atoms with Gasteiger partial charge in [0, 0.05) is 34.6 Å². The lowest BCUT2D eigenvalue weighted by atomic mass is 9.65. The molecule has 6 aromatic rings. The van der Waals surface area contributed by atoms with E-state index in [0.29, 0.717) is 11.1 Å². The molecule has 2 unspecified atom stereocenters. The van der Waals surface area contributed by atoms with Crippen LogP contribution in [0.25, 0.3) is 11.1 Å². The summed E-state index contributed by atoms with van der Waals surface area (Å²) in [5.74, 6) is 0. The maximum Gasteiger partial charge on any atom is 0.0991 e. The van der Waals surface area contributed by atoms with E-state index >= 15 is 0 Å². The van der Waals surface area contributed by atoms with E-state index < -0.39 is 0 Å². The molecule has 2 aliphatic carbocycles. The average Bonchev–Trinajstić information content (AvgIpc) is 3.43. The molecule has 0 bridgehead atoms. The van der Waals surface area contributed by atoms with E-state index in [9.17, 15) is 10.5 Å². The highest BCUT2D eigenvalue weighted by Gasteiger charge is 2.50. The molecule has 0 fully saturated rings. The molecule has 0 heterocycles. The number of nitrogens with zero attached hydrogens (tertiary/aromatic N) is 4. The summed E-state index contributed by atoms with van der Waals surface area (Å²) >= 11 is 0. The van der Waals surface area contributed by atoms with Gasteiger partial charge in [-0.1, -0.05) is 99.8 Å². The zero-order chi connectivity index (χ0) is 39.4. The van der Waals surface area contributed by atoms with E-state index in [1.807, 2.05) is 24.3 Å². The van der Waals surface area contributed by atoms with Crippen molar-refractivity contribution in [2.75, 3.05) is 9.80 Å². The average molecular weight is 731 g/mol. The summed E-state index contributed by atoms with van der Waals surface area (Å²) in [5.41, 5.74) is 17.0. The quantitative estimate of drug-likeness (QED) is 0.141. The van der Waals surface area contributed by atoms with Crippen LogP contribution in [-0.2, 0) is 22.9 Å². The van der Waals surface area contributed by atoms with Crippen LogP contribution in [0.1, 0.15) is 104 Å². The predicted octanol–water partition coefficient (Wildman–Crippen LogP) is 13.2. The molecule has 2 atom stereocenters. The second kappa shape index (κ2) is 13.9. The lowest BCUT2D eigenvalue weighted by Gasteiger charge is -2.53. The fraction of sp³-hybridized carbons (Fsp3) is 0.269. The molecule has 0 aliphatic heterocycles. The minimum atomic E-state index is -0.366. The van der Waals surface area contributed by atoms with Crippen molar-refractivity contribution < 1.29 is 0 Å². The molecule has 278 valence electrons. The van der Waals surface area contributed by atoms with Crippen molar-refractivity contribution >= 4 is 22.7 Å². The highest BCUT2D eigenvalue weighted by molar-refractivity contribution is 5.84. The summed E-state index contributed by atoms with van der Waals surface area (Å²) in [6.45, 7) is 16.0. The van der Waals surface area contributed by atoms with Crippen LogP contribution in [-0.4, -0.2) is 0 Å². The van der Waals surface area contributed by atoms with Crippen LogP contribution in [0.15, 0.2) is 127 Å². The molecule has 0 aromatic heterocycles. The number of anilines is 4.